The second-order valence-electron chi connectivity index (χ2n) is 8.18. The maximum atomic E-state index is 12.7. The van der Waals surface area contributed by atoms with Gasteiger partial charge in [0.15, 0.2) is 5.82 Å². The highest BCUT2D eigenvalue weighted by atomic mass is 32.2. The topological polar surface area (TPSA) is 123 Å². The van der Waals surface area contributed by atoms with E-state index in [0.29, 0.717) is 17.9 Å². The Morgan fingerprint density at radius 2 is 1.94 bits per heavy atom. The molecule has 0 radical (unpaired) electrons. The number of tetrazole rings is 1. The molecule has 0 saturated heterocycles. The molecule has 32 heavy (non-hydrogen) atoms. The molecule has 0 bridgehead atoms. The third-order valence-electron chi connectivity index (χ3n) is 4.65. The van der Waals surface area contributed by atoms with Crippen LogP contribution in [0, 0.1) is 0 Å². The number of methoxy groups -OCH3 is 1. The maximum Gasteiger partial charge on any atom is 0.180 e. The van der Waals surface area contributed by atoms with Crippen molar-refractivity contribution < 1.29 is 19.2 Å². The zero-order valence-electron chi connectivity index (χ0n) is 18.5. The number of aliphatic hydroxyl groups excluding tert-OH is 1. The molecule has 0 fully saturated rings. The molecule has 1 heterocycles. The standard InChI is InChI=1S/C22H27N5O4S/c1-22(2,3)32(30)24-18(17-11-10-16(31-4)12-19(17)28)13-20(29)21-23-25-26-27(21)14-15-8-6-5-7-9-15/h5-12,20,28-29H,13-14H2,1-4H3/b24-18+/t20-,32?/m0/s1. The zero-order chi connectivity index (χ0) is 23.3. The van der Waals surface area contributed by atoms with Crippen LogP contribution in [-0.4, -0.2) is 52.2 Å². The highest BCUT2D eigenvalue weighted by Crippen LogP contribution is 2.28. The van der Waals surface area contributed by atoms with E-state index in [4.69, 9.17) is 4.74 Å². The Labute approximate surface area is 189 Å². The van der Waals surface area contributed by atoms with Gasteiger partial charge in [0.05, 0.1) is 24.1 Å². The van der Waals surface area contributed by atoms with Gasteiger partial charge in [-0.25, -0.2) is 8.89 Å². The average molecular weight is 458 g/mol. The Morgan fingerprint density at radius 1 is 1.22 bits per heavy atom. The van der Waals surface area contributed by atoms with Crippen LogP contribution < -0.4 is 4.74 Å². The quantitative estimate of drug-likeness (QED) is 0.499. The third kappa shape index (κ3) is 5.77. The van der Waals surface area contributed by atoms with Gasteiger partial charge in [-0.05, 0) is 48.9 Å². The van der Waals surface area contributed by atoms with Crippen LogP contribution in [0.1, 0.15) is 50.2 Å². The van der Waals surface area contributed by atoms with Gasteiger partial charge in [0, 0.05) is 18.1 Å². The van der Waals surface area contributed by atoms with E-state index in [9.17, 15) is 14.4 Å². The molecular formula is C22H27N5O4S. The lowest BCUT2D eigenvalue weighted by molar-refractivity contribution is 0.170. The Hall–Kier alpha value is -3.11. The Balaban J connectivity index is 1.93. The van der Waals surface area contributed by atoms with Gasteiger partial charge in [-0.3, -0.25) is 0 Å². The normalized spacial score (nSPS) is 14.2. The lowest BCUT2D eigenvalue weighted by Crippen LogP contribution is -2.22. The number of ether oxygens (including phenoxy) is 1. The summed E-state index contributed by atoms with van der Waals surface area (Å²) in [4.78, 5) is 0. The predicted octanol–water partition coefficient (Wildman–Crippen LogP) is 2.81. The summed E-state index contributed by atoms with van der Waals surface area (Å²) in [6, 6.07) is 14.3. The van der Waals surface area contributed by atoms with E-state index in [-0.39, 0.29) is 23.7 Å². The molecule has 9 nitrogen and oxygen atoms in total. The van der Waals surface area contributed by atoms with Crippen LogP contribution in [0.3, 0.4) is 0 Å². The highest BCUT2D eigenvalue weighted by molar-refractivity contribution is 7.85. The first kappa shape index (κ1) is 23.6. The molecule has 2 atom stereocenters. The van der Waals surface area contributed by atoms with Crippen molar-refractivity contribution in [2.75, 3.05) is 7.11 Å². The molecule has 0 saturated carbocycles. The van der Waals surface area contributed by atoms with E-state index in [1.54, 1.807) is 32.9 Å². The third-order valence-corrected chi connectivity index (χ3v) is 6.09. The number of hydrogen-bond donors (Lipinski definition) is 2. The summed E-state index contributed by atoms with van der Waals surface area (Å²) in [5, 5.41) is 33.1. The smallest absolute Gasteiger partial charge is 0.180 e. The summed E-state index contributed by atoms with van der Waals surface area (Å²) in [5.41, 5.74) is 1.61. The summed E-state index contributed by atoms with van der Waals surface area (Å²) < 4.78 is 23.1. The number of nitrogens with zero attached hydrogens (tertiary/aromatic N) is 5. The van der Waals surface area contributed by atoms with E-state index in [2.05, 4.69) is 19.9 Å². The molecule has 0 spiro atoms. The highest BCUT2D eigenvalue weighted by Gasteiger charge is 2.25. The van der Waals surface area contributed by atoms with Gasteiger partial charge in [-0.15, -0.1) is 5.10 Å². The minimum absolute atomic E-state index is 0.0448. The number of phenols is 1. The summed E-state index contributed by atoms with van der Waals surface area (Å²) >= 11 is 0. The van der Waals surface area contributed by atoms with E-state index >= 15 is 0 Å². The number of aromatic nitrogens is 4. The summed E-state index contributed by atoms with van der Waals surface area (Å²) in [6.07, 6.45) is -1.18. The summed E-state index contributed by atoms with van der Waals surface area (Å²) in [6.45, 7) is 5.78. The fourth-order valence-corrected chi connectivity index (χ4v) is 3.56. The number of hydrogen-bond acceptors (Lipinski definition) is 7. The largest absolute Gasteiger partial charge is 0.507 e. The Morgan fingerprint density at radius 3 is 2.56 bits per heavy atom. The van der Waals surface area contributed by atoms with Crippen LogP contribution in [0.2, 0.25) is 0 Å². The van der Waals surface area contributed by atoms with Crippen LogP contribution in [0.15, 0.2) is 52.9 Å². The first-order valence-corrected chi connectivity index (χ1v) is 11.1. The van der Waals surface area contributed by atoms with Crippen molar-refractivity contribution in [2.24, 2.45) is 4.40 Å². The number of aliphatic hydroxyl groups is 1. The minimum atomic E-state index is -1.61. The van der Waals surface area contributed by atoms with Gasteiger partial charge >= 0.3 is 0 Å². The first-order chi connectivity index (χ1) is 15.2. The van der Waals surface area contributed by atoms with Gasteiger partial charge in [-0.2, -0.15) is 4.40 Å². The monoisotopic (exact) mass is 457 g/mol. The van der Waals surface area contributed by atoms with Crippen molar-refractivity contribution in [1.82, 2.24) is 20.2 Å². The minimum Gasteiger partial charge on any atom is -0.507 e. The van der Waals surface area contributed by atoms with E-state index < -0.39 is 21.8 Å². The van der Waals surface area contributed by atoms with E-state index in [1.165, 1.54) is 17.9 Å². The van der Waals surface area contributed by atoms with Gasteiger partial charge in [-0.1, -0.05) is 30.3 Å². The lowest BCUT2D eigenvalue weighted by Gasteiger charge is -2.18. The van der Waals surface area contributed by atoms with Crippen molar-refractivity contribution in [3.63, 3.8) is 0 Å². The number of phenolic OH excluding ortho intramolecular Hbond substituents is 1. The van der Waals surface area contributed by atoms with Crippen molar-refractivity contribution in [3.05, 3.63) is 65.5 Å². The molecule has 3 rings (SSSR count). The molecule has 10 heteroatoms. The van der Waals surface area contributed by atoms with Crippen LogP contribution in [0.4, 0.5) is 0 Å². The second kappa shape index (κ2) is 10.0. The molecule has 1 unspecified atom stereocenters. The molecule has 0 amide bonds. The van der Waals surface area contributed by atoms with Crippen molar-refractivity contribution >= 4 is 16.7 Å². The predicted molar refractivity (Wildman–Crippen MR) is 122 cm³/mol. The van der Waals surface area contributed by atoms with Crippen molar-refractivity contribution in [2.45, 2.75) is 44.6 Å². The number of aromatic hydroxyl groups is 1. The Bertz CT molecular complexity index is 1110. The van der Waals surface area contributed by atoms with Gasteiger partial charge in [0.2, 0.25) is 0 Å². The zero-order valence-corrected chi connectivity index (χ0v) is 19.3. The van der Waals surface area contributed by atoms with Crippen LogP contribution >= 0.6 is 0 Å². The van der Waals surface area contributed by atoms with Crippen molar-refractivity contribution in [1.29, 1.82) is 0 Å². The molecular weight excluding hydrogens is 430 g/mol. The first-order valence-electron chi connectivity index (χ1n) is 10.0. The van der Waals surface area contributed by atoms with Crippen LogP contribution in [-0.2, 0) is 17.5 Å². The number of rotatable bonds is 8. The van der Waals surface area contributed by atoms with Gasteiger partial charge < -0.3 is 14.9 Å². The van der Waals surface area contributed by atoms with Gasteiger partial charge in [0.25, 0.3) is 0 Å². The number of benzene rings is 2. The van der Waals surface area contributed by atoms with Gasteiger partial charge in [0.1, 0.15) is 28.6 Å². The molecule has 2 N–H and O–H groups in total. The van der Waals surface area contributed by atoms with E-state index in [1.807, 2.05) is 30.3 Å². The van der Waals surface area contributed by atoms with Crippen molar-refractivity contribution in [3.8, 4) is 11.5 Å². The molecule has 0 aliphatic rings. The molecule has 3 aromatic rings. The summed E-state index contributed by atoms with van der Waals surface area (Å²) in [7, 11) is -0.113. The fourth-order valence-electron chi connectivity index (χ4n) is 2.91. The van der Waals surface area contributed by atoms with E-state index in [0.717, 1.165) is 5.56 Å². The molecule has 0 aliphatic carbocycles. The lowest BCUT2D eigenvalue weighted by atomic mass is 10.0. The molecule has 170 valence electrons. The average Bonchev–Trinajstić information content (AvgIpc) is 3.21. The van der Waals surface area contributed by atoms with Crippen LogP contribution in [0.25, 0.3) is 0 Å². The molecule has 2 aromatic carbocycles. The van der Waals surface area contributed by atoms with Crippen LogP contribution in [0.5, 0.6) is 11.5 Å². The fraction of sp³-hybridized carbons (Fsp3) is 0.364. The summed E-state index contributed by atoms with van der Waals surface area (Å²) in [5.74, 6) is 0.621. The second-order valence-corrected chi connectivity index (χ2v) is 10.1. The Kier molecular flexibility index (Phi) is 7.37. The molecule has 0 aliphatic heterocycles. The SMILES string of the molecule is COc1ccc(/C(C[C@H](O)c2nnnn2Cc2ccccc2)=N/S(=O)C(C)(C)C)c(O)c1. The molecule has 1 aromatic heterocycles. The maximum absolute atomic E-state index is 12.7.